The number of anilines is 3. The molecular formula is C13H13BrN2O2S. The lowest BCUT2D eigenvalue weighted by Gasteiger charge is -2.13. The Morgan fingerprint density at radius 1 is 1.05 bits per heavy atom. The first-order chi connectivity index (χ1) is 8.89. The molecule has 3 N–H and O–H groups in total. The summed E-state index contributed by atoms with van der Waals surface area (Å²) in [5, 5.41) is 3.12. The van der Waals surface area contributed by atoms with Crippen LogP contribution in [0, 0.1) is 0 Å². The summed E-state index contributed by atoms with van der Waals surface area (Å²) in [6, 6.07) is 12.4. The normalized spacial score (nSPS) is 11.3. The van der Waals surface area contributed by atoms with E-state index in [4.69, 9.17) is 5.73 Å². The maximum Gasteiger partial charge on any atom is 0.177 e. The molecule has 0 aliphatic rings. The molecule has 0 atom stereocenters. The Labute approximate surface area is 120 Å². The van der Waals surface area contributed by atoms with E-state index in [-0.39, 0.29) is 10.6 Å². The van der Waals surface area contributed by atoms with Crippen LogP contribution in [0.15, 0.2) is 51.8 Å². The molecule has 19 heavy (non-hydrogen) atoms. The summed E-state index contributed by atoms with van der Waals surface area (Å²) < 4.78 is 24.1. The lowest BCUT2D eigenvalue weighted by Crippen LogP contribution is -2.05. The topological polar surface area (TPSA) is 72.2 Å². The van der Waals surface area contributed by atoms with E-state index >= 15 is 0 Å². The van der Waals surface area contributed by atoms with Gasteiger partial charge < -0.3 is 11.1 Å². The second kappa shape index (κ2) is 5.22. The Kier molecular flexibility index (Phi) is 3.82. The summed E-state index contributed by atoms with van der Waals surface area (Å²) >= 11 is 3.41. The summed E-state index contributed by atoms with van der Waals surface area (Å²) in [5.74, 6) is 0. The van der Waals surface area contributed by atoms with Crippen molar-refractivity contribution in [3.8, 4) is 0 Å². The lowest BCUT2D eigenvalue weighted by molar-refractivity contribution is 0.602. The van der Waals surface area contributed by atoms with Gasteiger partial charge in [0.1, 0.15) is 0 Å². The highest BCUT2D eigenvalue weighted by atomic mass is 79.9. The molecule has 2 aromatic rings. The van der Waals surface area contributed by atoms with Crippen molar-refractivity contribution in [2.24, 2.45) is 0 Å². The van der Waals surface area contributed by atoms with Crippen LogP contribution in [0.2, 0.25) is 0 Å². The largest absolute Gasteiger partial charge is 0.396 e. The third-order valence-corrected chi connectivity index (χ3v) is 4.46. The van der Waals surface area contributed by atoms with Gasteiger partial charge in [0.05, 0.1) is 22.0 Å². The minimum absolute atomic E-state index is 0.129. The minimum Gasteiger partial charge on any atom is -0.396 e. The molecule has 0 amide bonds. The second-order valence-electron chi connectivity index (χ2n) is 4.09. The van der Waals surface area contributed by atoms with Crippen LogP contribution in [0.5, 0.6) is 0 Å². The molecule has 2 rings (SSSR count). The Balaban J connectivity index is 2.46. The molecule has 100 valence electrons. The first-order valence-corrected chi connectivity index (χ1v) is 8.18. The number of nitrogens with one attached hydrogen (secondary N) is 1. The highest BCUT2D eigenvalue weighted by Crippen LogP contribution is 2.31. The number of nitrogen functional groups attached to an aromatic ring is 1. The molecule has 0 unspecified atom stereocenters. The van der Waals surface area contributed by atoms with Crippen molar-refractivity contribution in [1.29, 1.82) is 0 Å². The molecule has 2 aromatic carbocycles. The van der Waals surface area contributed by atoms with Crippen molar-refractivity contribution in [3.63, 3.8) is 0 Å². The van der Waals surface area contributed by atoms with Gasteiger partial charge in [-0.2, -0.15) is 0 Å². The summed E-state index contributed by atoms with van der Waals surface area (Å²) in [5.41, 5.74) is 7.52. The van der Waals surface area contributed by atoms with Gasteiger partial charge >= 0.3 is 0 Å². The SMILES string of the molecule is CS(=O)(=O)c1cccc(Nc2ccccc2Br)c1N. The van der Waals surface area contributed by atoms with Crippen LogP contribution < -0.4 is 11.1 Å². The predicted molar refractivity (Wildman–Crippen MR) is 81.4 cm³/mol. The van der Waals surface area contributed by atoms with Crippen LogP contribution in [0.4, 0.5) is 17.1 Å². The number of nitrogens with two attached hydrogens (primary N) is 1. The Hall–Kier alpha value is -1.53. The number of hydrogen-bond acceptors (Lipinski definition) is 4. The van der Waals surface area contributed by atoms with Gasteiger partial charge in [-0.05, 0) is 40.2 Å². The van der Waals surface area contributed by atoms with Gasteiger partial charge in [-0.3, -0.25) is 0 Å². The maximum atomic E-state index is 11.6. The lowest BCUT2D eigenvalue weighted by atomic mass is 10.2. The van der Waals surface area contributed by atoms with Crippen molar-refractivity contribution < 1.29 is 8.42 Å². The number of rotatable bonds is 3. The molecule has 0 aliphatic heterocycles. The number of benzene rings is 2. The fourth-order valence-electron chi connectivity index (χ4n) is 1.68. The van der Waals surface area contributed by atoms with E-state index in [1.165, 1.54) is 6.07 Å². The monoisotopic (exact) mass is 340 g/mol. The summed E-state index contributed by atoms with van der Waals surface area (Å²) in [7, 11) is -3.34. The molecule has 6 heteroatoms. The summed E-state index contributed by atoms with van der Waals surface area (Å²) in [6.45, 7) is 0. The van der Waals surface area contributed by atoms with Crippen molar-refractivity contribution in [2.75, 3.05) is 17.3 Å². The molecule has 0 bridgehead atoms. The fraction of sp³-hybridized carbons (Fsp3) is 0.0769. The van der Waals surface area contributed by atoms with Crippen molar-refractivity contribution in [2.45, 2.75) is 4.90 Å². The van der Waals surface area contributed by atoms with Gasteiger partial charge in [0, 0.05) is 10.7 Å². The number of para-hydroxylation sites is 2. The highest BCUT2D eigenvalue weighted by molar-refractivity contribution is 9.10. The first kappa shape index (κ1) is 13.9. The average molecular weight is 341 g/mol. The highest BCUT2D eigenvalue weighted by Gasteiger charge is 2.14. The molecule has 0 saturated heterocycles. The van der Waals surface area contributed by atoms with Crippen LogP contribution in [0.1, 0.15) is 0 Å². The van der Waals surface area contributed by atoms with E-state index in [0.29, 0.717) is 5.69 Å². The van der Waals surface area contributed by atoms with Gasteiger partial charge in [0.25, 0.3) is 0 Å². The van der Waals surface area contributed by atoms with E-state index in [9.17, 15) is 8.42 Å². The van der Waals surface area contributed by atoms with E-state index in [1.807, 2.05) is 24.3 Å². The fourth-order valence-corrected chi connectivity index (χ4v) is 2.90. The van der Waals surface area contributed by atoms with Gasteiger partial charge in [-0.15, -0.1) is 0 Å². The van der Waals surface area contributed by atoms with Gasteiger partial charge in [-0.25, -0.2) is 8.42 Å². The maximum absolute atomic E-state index is 11.6. The second-order valence-corrected chi connectivity index (χ2v) is 6.93. The van der Waals surface area contributed by atoms with E-state index in [1.54, 1.807) is 12.1 Å². The predicted octanol–water partition coefficient (Wildman–Crippen LogP) is 3.18. The zero-order valence-corrected chi connectivity index (χ0v) is 12.6. The zero-order chi connectivity index (χ0) is 14.0. The molecule has 0 heterocycles. The number of hydrogen-bond donors (Lipinski definition) is 2. The van der Waals surface area contributed by atoms with Crippen LogP contribution in [0.25, 0.3) is 0 Å². The third kappa shape index (κ3) is 3.08. The number of sulfone groups is 1. The molecule has 0 saturated carbocycles. The van der Waals surface area contributed by atoms with Crippen LogP contribution in [-0.4, -0.2) is 14.7 Å². The van der Waals surface area contributed by atoms with Crippen LogP contribution in [0.3, 0.4) is 0 Å². The first-order valence-electron chi connectivity index (χ1n) is 5.49. The molecule has 0 spiro atoms. The van der Waals surface area contributed by atoms with Crippen LogP contribution >= 0.6 is 15.9 Å². The standard InChI is InChI=1S/C13H13BrN2O2S/c1-19(17,18)12-8-4-7-11(13(12)15)16-10-6-3-2-5-9(10)14/h2-8,16H,15H2,1H3. The van der Waals surface area contributed by atoms with E-state index in [2.05, 4.69) is 21.2 Å². The molecule has 0 radical (unpaired) electrons. The Morgan fingerprint density at radius 3 is 2.32 bits per heavy atom. The molecule has 4 nitrogen and oxygen atoms in total. The van der Waals surface area contributed by atoms with Gasteiger partial charge in [-0.1, -0.05) is 18.2 Å². The van der Waals surface area contributed by atoms with Crippen molar-refractivity contribution in [1.82, 2.24) is 0 Å². The van der Waals surface area contributed by atoms with E-state index in [0.717, 1.165) is 16.4 Å². The molecular weight excluding hydrogens is 328 g/mol. The molecule has 0 aromatic heterocycles. The molecule has 0 fully saturated rings. The third-order valence-electron chi connectivity index (χ3n) is 2.61. The average Bonchev–Trinajstić information content (AvgIpc) is 2.33. The van der Waals surface area contributed by atoms with Crippen LogP contribution in [-0.2, 0) is 9.84 Å². The summed E-state index contributed by atoms with van der Waals surface area (Å²) in [4.78, 5) is 0.129. The minimum atomic E-state index is -3.34. The Bertz CT molecular complexity index is 714. The van der Waals surface area contributed by atoms with Gasteiger partial charge in [0.15, 0.2) is 9.84 Å². The Morgan fingerprint density at radius 2 is 1.68 bits per heavy atom. The number of halogens is 1. The van der Waals surface area contributed by atoms with Crippen molar-refractivity contribution >= 4 is 42.8 Å². The van der Waals surface area contributed by atoms with Crippen molar-refractivity contribution in [3.05, 3.63) is 46.9 Å². The van der Waals surface area contributed by atoms with Gasteiger partial charge in [0.2, 0.25) is 0 Å². The zero-order valence-electron chi connectivity index (χ0n) is 10.2. The smallest absolute Gasteiger partial charge is 0.177 e. The van der Waals surface area contributed by atoms with E-state index < -0.39 is 9.84 Å². The summed E-state index contributed by atoms with van der Waals surface area (Å²) in [6.07, 6.45) is 1.14. The molecule has 0 aliphatic carbocycles. The quantitative estimate of drug-likeness (QED) is 0.841.